The average molecular weight is 403 g/mol. The van der Waals surface area contributed by atoms with Crippen molar-refractivity contribution in [2.45, 2.75) is 6.92 Å². The molecular weight excluding hydrogens is 374 g/mol. The second kappa shape index (κ2) is 8.40. The van der Waals surface area contributed by atoms with Crippen molar-refractivity contribution in [2.75, 3.05) is 88.9 Å². The molecule has 3 aliphatic heterocycles. The Balaban J connectivity index is 1.35. The monoisotopic (exact) mass is 403 g/mol. The van der Waals surface area contributed by atoms with Crippen LogP contribution in [0.5, 0.6) is 0 Å². The first-order chi connectivity index (χ1) is 14.0. The number of likely N-dealkylation sites (N-methyl/N-ethyl adjacent to an activating group) is 1. The number of piperazine rings is 2. The van der Waals surface area contributed by atoms with Crippen molar-refractivity contribution >= 4 is 23.8 Å². The van der Waals surface area contributed by atoms with Gasteiger partial charge in [0, 0.05) is 64.1 Å². The number of carbonyl (C=O) groups is 2. The van der Waals surface area contributed by atoms with Crippen LogP contribution in [0, 0.1) is 6.92 Å². The first kappa shape index (κ1) is 19.7. The number of nitrogens with zero attached hydrogens (tertiary/aromatic N) is 7. The highest BCUT2D eigenvalue weighted by Gasteiger charge is 2.29. The lowest BCUT2D eigenvalue weighted by Crippen LogP contribution is -2.52. The zero-order chi connectivity index (χ0) is 20.4. The molecule has 0 bridgehead atoms. The Hall–Kier alpha value is -2.62. The summed E-state index contributed by atoms with van der Waals surface area (Å²) in [6.45, 7) is 9.49. The van der Waals surface area contributed by atoms with Crippen LogP contribution in [0.3, 0.4) is 0 Å². The molecule has 10 nitrogen and oxygen atoms in total. The van der Waals surface area contributed by atoms with Gasteiger partial charge in [0.15, 0.2) is 0 Å². The molecule has 1 aromatic heterocycles. The normalized spacial score (nSPS) is 21.0. The van der Waals surface area contributed by atoms with E-state index in [4.69, 9.17) is 9.72 Å². The summed E-state index contributed by atoms with van der Waals surface area (Å²) in [6, 6.07) is 2.05. The van der Waals surface area contributed by atoms with Gasteiger partial charge in [0.25, 0.3) is 0 Å². The average Bonchev–Trinajstić information content (AvgIpc) is 3.12. The molecule has 0 radical (unpaired) electrons. The summed E-state index contributed by atoms with van der Waals surface area (Å²) in [7, 11) is 2.14. The number of amides is 2. The third-order valence-corrected chi connectivity index (χ3v) is 5.74. The Morgan fingerprint density at radius 1 is 1.00 bits per heavy atom. The van der Waals surface area contributed by atoms with E-state index in [1.54, 1.807) is 4.90 Å². The quantitative estimate of drug-likeness (QED) is 0.674. The Morgan fingerprint density at radius 3 is 2.34 bits per heavy atom. The number of anilines is 2. The summed E-state index contributed by atoms with van der Waals surface area (Å²) in [5.41, 5.74) is 0.954. The minimum Gasteiger partial charge on any atom is -0.448 e. The highest BCUT2D eigenvalue weighted by atomic mass is 16.6. The van der Waals surface area contributed by atoms with E-state index in [1.807, 2.05) is 13.0 Å². The zero-order valence-corrected chi connectivity index (χ0v) is 17.2. The third kappa shape index (κ3) is 4.52. The summed E-state index contributed by atoms with van der Waals surface area (Å²) < 4.78 is 4.89. The van der Waals surface area contributed by atoms with E-state index in [1.165, 1.54) is 4.90 Å². The predicted molar refractivity (Wildman–Crippen MR) is 108 cm³/mol. The van der Waals surface area contributed by atoms with Gasteiger partial charge in [-0.2, -0.15) is 4.98 Å². The van der Waals surface area contributed by atoms with Crippen LogP contribution in [-0.4, -0.2) is 116 Å². The molecule has 29 heavy (non-hydrogen) atoms. The maximum absolute atomic E-state index is 12.5. The second-order valence-corrected chi connectivity index (χ2v) is 7.86. The van der Waals surface area contributed by atoms with E-state index >= 15 is 0 Å². The number of hydrogen-bond acceptors (Lipinski definition) is 8. The molecule has 2 amide bonds. The second-order valence-electron chi connectivity index (χ2n) is 7.86. The first-order valence-corrected chi connectivity index (χ1v) is 10.2. The maximum atomic E-state index is 12.5. The van der Waals surface area contributed by atoms with Crippen molar-refractivity contribution in [3.63, 3.8) is 0 Å². The van der Waals surface area contributed by atoms with E-state index in [0.29, 0.717) is 39.3 Å². The van der Waals surface area contributed by atoms with Crippen LogP contribution < -0.4 is 9.80 Å². The molecule has 158 valence electrons. The number of aromatic nitrogens is 2. The lowest BCUT2D eigenvalue weighted by molar-refractivity contribution is -0.132. The van der Waals surface area contributed by atoms with E-state index < -0.39 is 6.09 Å². The minimum atomic E-state index is -0.401. The van der Waals surface area contributed by atoms with E-state index in [9.17, 15) is 9.59 Å². The molecule has 0 saturated carbocycles. The molecule has 3 aliphatic rings. The largest absolute Gasteiger partial charge is 0.448 e. The van der Waals surface area contributed by atoms with Gasteiger partial charge in [0.2, 0.25) is 11.9 Å². The Morgan fingerprint density at radius 2 is 1.69 bits per heavy atom. The molecule has 4 rings (SSSR count). The Bertz CT molecular complexity index is 758. The van der Waals surface area contributed by atoms with E-state index in [0.717, 1.165) is 43.6 Å². The molecule has 3 fully saturated rings. The Kier molecular flexibility index (Phi) is 5.70. The van der Waals surface area contributed by atoms with Crippen LogP contribution in [0.15, 0.2) is 6.07 Å². The highest BCUT2D eigenvalue weighted by molar-refractivity contribution is 5.83. The van der Waals surface area contributed by atoms with Gasteiger partial charge in [-0.25, -0.2) is 9.78 Å². The molecule has 0 aromatic carbocycles. The number of cyclic esters (lactones) is 1. The summed E-state index contributed by atoms with van der Waals surface area (Å²) in [4.78, 5) is 43.5. The zero-order valence-electron chi connectivity index (χ0n) is 17.2. The number of hydrogen-bond donors (Lipinski definition) is 0. The van der Waals surface area contributed by atoms with Gasteiger partial charge >= 0.3 is 6.09 Å². The van der Waals surface area contributed by atoms with Crippen LogP contribution in [0.4, 0.5) is 16.6 Å². The Labute approximate surface area is 171 Å². The van der Waals surface area contributed by atoms with Crippen LogP contribution >= 0.6 is 0 Å². The molecule has 3 saturated heterocycles. The van der Waals surface area contributed by atoms with Crippen molar-refractivity contribution in [1.29, 1.82) is 0 Å². The molecule has 4 heterocycles. The van der Waals surface area contributed by atoms with Crippen molar-refractivity contribution in [3.8, 4) is 0 Å². The summed E-state index contributed by atoms with van der Waals surface area (Å²) in [5.74, 6) is 1.67. The predicted octanol–water partition coefficient (Wildman–Crippen LogP) is -0.362. The van der Waals surface area contributed by atoms with Gasteiger partial charge in [0.05, 0.1) is 6.54 Å². The van der Waals surface area contributed by atoms with Crippen molar-refractivity contribution < 1.29 is 14.3 Å². The number of ether oxygens (including phenoxy) is 1. The fourth-order valence-corrected chi connectivity index (χ4v) is 3.86. The molecule has 0 spiro atoms. The van der Waals surface area contributed by atoms with E-state index in [2.05, 4.69) is 26.7 Å². The van der Waals surface area contributed by atoms with E-state index in [-0.39, 0.29) is 12.5 Å². The van der Waals surface area contributed by atoms with Gasteiger partial charge < -0.3 is 24.3 Å². The lowest BCUT2D eigenvalue weighted by atomic mass is 10.3. The van der Waals surface area contributed by atoms with Gasteiger partial charge in [-0.15, -0.1) is 0 Å². The molecule has 0 N–H and O–H groups in total. The topological polar surface area (TPSA) is 85.4 Å². The summed E-state index contributed by atoms with van der Waals surface area (Å²) >= 11 is 0. The van der Waals surface area contributed by atoms with Crippen LogP contribution in [0.25, 0.3) is 0 Å². The summed E-state index contributed by atoms with van der Waals surface area (Å²) in [5, 5.41) is 0. The van der Waals surface area contributed by atoms with Crippen LogP contribution in [-0.2, 0) is 9.53 Å². The standard InChI is InChI=1S/C19H29N7O3/c1-15-13-16(23-5-3-22(2)4-6-23)21-18(20-15)25-9-7-24(8-10-25)17(27)14-26-11-12-29-19(26)28/h13H,3-12,14H2,1-2H3. The molecule has 0 atom stereocenters. The summed E-state index contributed by atoms with van der Waals surface area (Å²) in [6.07, 6.45) is -0.401. The highest BCUT2D eigenvalue weighted by Crippen LogP contribution is 2.20. The van der Waals surface area contributed by atoms with Crippen molar-refractivity contribution in [1.82, 2.24) is 24.7 Å². The van der Waals surface area contributed by atoms with Crippen molar-refractivity contribution in [2.24, 2.45) is 0 Å². The molecule has 0 aliphatic carbocycles. The molecular formula is C19H29N7O3. The molecule has 1 aromatic rings. The number of carbonyl (C=O) groups excluding carboxylic acids is 2. The van der Waals surface area contributed by atoms with Gasteiger partial charge in [-0.05, 0) is 14.0 Å². The SMILES string of the molecule is Cc1cc(N2CCN(C)CC2)nc(N2CCN(C(=O)CN3CCOC3=O)CC2)n1. The molecule has 0 unspecified atom stereocenters. The lowest BCUT2D eigenvalue weighted by Gasteiger charge is -2.36. The fraction of sp³-hybridized carbons (Fsp3) is 0.684. The van der Waals surface area contributed by atoms with Gasteiger partial charge in [-0.1, -0.05) is 0 Å². The maximum Gasteiger partial charge on any atom is 0.410 e. The van der Waals surface area contributed by atoms with Gasteiger partial charge in [0.1, 0.15) is 19.0 Å². The minimum absolute atomic E-state index is 0.0354. The van der Waals surface area contributed by atoms with Crippen LogP contribution in [0.2, 0.25) is 0 Å². The van der Waals surface area contributed by atoms with Crippen LogP contribution in [0.1, 0.15) is 5.69 Å². The number of rotatable bonds is 4. The fourth-order valence-electron chi connectivity index (χ4n) is 3.86. The van der Waals surface area contributed by atoms with Gasteiger partial charge in [-0.3, -0.25) is 9.69 Å². The molecule has 10 heteroatoms. The van der Waals surface area contributed by atoms with Crippen molar-refractivity contribution in [3.05, 3.63) is 11.8 Å². The third-order valence-electron chi connectivity index (χ3n) is 5.74. The first-order valence-electron chi connectivity index (χ1n) is 10.2. The number of aryl methyl sites for hydroxylation is 1. The smallest absolute Gasteiger partial charge is 0.410 e.